The first-order chi connectivity index (χ1) is 10.0. The second-order valence-electron chi connectivity index (χ2n) is 4.44. The minimum absolute atomic E-state index is 0. The Kier molecular flexibility index (Phi) is 8.10. The number of benzene rings is 2. The summed E-state index contributed by atoms with van der Waals surface area (Å²) in [6.07, 6.45) is 0. The topological polar surface area (TPSA) is 114 Å². The van der Waals surface area contributed by atoms with Crippen molar-refractivity contribution in [2.45, 2.75) is 23.6 Å². The molecule has 6 nitrogen and oxygen atoms in total. The molecule has 0 radical (unpaired) electrons. The molecule has 0 saturated carbocycles. The third kappa shape index (κ3) is 6.80. The second kappa shape index (κ2) is 8.56. The van der Waals surface area contributed by atoms with E-state index in [9.17, 15) is 25.9 Å². The van der Waals surface area contributed by atoms with Crippen LogP contribution < -0.4 is 0 Å². The molecule has 0 atom stereocenters. The van der Waals surface area contributed by atoms with Crippen LogP contribution in [0.25, 0.3) is 0 Å². The van der Waals surface area contributed by atoms with Crippen LogP contribution in [0.4, 0.5) is 0 Å². The van der Waals surface area contributed by atoms with E-state index in [0.29, 0.717) is 11.1 Å². The van der Waals surface area contributed by atoms with E-state index in [1.807, 2.05) is 0 Å². The Hall–Kier alpha value is -1.25. The largest absolute Gasteiger partial charge is 2.00 e. The molecule has 9 heteroatoms. The normalized spacial score (nSPS) is 11.0. The average molecular weight is 401 g/mol. The zero-order valence-electron chi connectivity index (χ0n) is 12.2. The van der Waals surface area contributed by atoms with Crippen LogP contribution in [0.2, 0.25) is 0 Å². The zero-order valence-corrected chi connectivity index (χ0v) is 14.8. The van der Waals surface area contributed by atoms with Gasteiger partial charge in [0, 0.05) is 0 Å². The van der Waals surface area contributed by atoms with Crippen molar-refractivity contribution in [3.05, 3.63) is 59.7 Å². The monoisotopic (exact) mass is 400 g/mol. The van der Waals surface area contributed by atoms with Gasteiger partial charge < -0.3 is 9.11 Å². The summed E-state index contributed by atoms with van der Waals surface area (Å²) in [6, 6.07) is 12.2. The van der Waals surface area contributed by atoms with Gasteiger partial charge in [0.05, 0.1) is 9.79 Å². The summed E-state index contributed by atoms with van der Waals surface area (Å²) in [7, 11) is -8.57. The molecule has 0 aliphatic carbocycles. The van der Waals surface area contributed by atoms with Crippen molar-refractivity contribution in [2.24, 2.45) is 0 Å². The van der Waals surface area contributed by atoms with Crippen LogP contribution in [-0.2, 0) is 36.7 Å². The molecular weight excluding hydrogens is 387 g/mol. The molecule has 0 amide bonds. The van der Waals surface area contributed by atoms with Gasteiger partial charge in [-0.15, -0.1) is 0 Å². The van der Waals surface area contributed by atoms with Crippen LogP contribution in [0.15, 0.2) is 58.3 Å². The molecule has 2 rings (SSSR count). The van der Waals surface area contributed by atoms with Crippen LogP contribution in [-0.4, -0.2) is 25.9 Å². The summed E-state index contributed by atoms with van der Waals surface area (Å²) in [5.41, 5.74) is 0.977. The maximum atomic E-state index is 10.5. The number of hydrogen-bond acceptors (Lipinski definition) is 6. The molecule has 0 aliphatic rings. The summed E-state index contributed by atoms with van der Waals surface area (Å²) in [6.45, 7) is 3.18. The predicted molar refractivity (Wildman–Crippen MR) is 78.3 cm³/mol. The van der Waals surface area contributed by atoms with Gasteiger partial charge in [0.1, 0.15) is 20.2 Å². The van der Waals surface area contributed by atoms with E-state index in [2.05, 4.69) is 0 Å². The minimum atomic E-state index is -4.28. The standard InChI is InChI=1S/2C7H8O3S.Ni/c2*1-6-4-2-3-5-7(6)11(8,9)10;/h2*2-5H,1H3,(H,8,9,10);/q;;+2/p-2. The van der Waals surface area contributed by atoms with Crippen molar-refractivity contribution in [2.75, 3.05) is 0 Å². The van der Waals surface area contributed by atoms with Gasteiger partial charge in [-0.1, -0.05) is 36.4 Å². The predicted octanol–water partition coefficient (Wildman–Crippen LogP) is 1.80. The van der Waals surface area contributed by atoms with Crippen molar-refractivity contribution in [1.29, 1.82) is 0 Å². The molecule has 23 heavy (non-hydrogen) atoms. The first-order valence-corrected chi connectivity index (χ1v) is 8.88. The zero-order chi connectivity index (χ0) is 17.0. The fraction of sp³-hybridized carbons (Fsp3) is 0.143. The van der Waals surface area contributed by atoms with E-state index >= 15 is 0 Å². The van der Waals surface area contributed by atoms with Crippen LogP contribution >= 0.6 is 0 Å². The third-order valence-corrected chi connectivity index (χ3v) is 4.72. The number of rotatable bonds is 2. The van der Waals surface area contributed by atoms with Gasteiger partial charge in [0.15, 0.2) is 0 Å². The fourth-order valence-electron chi connectivity index (χ4n) is 1.67. The van der Waals surface area contributed by atoms with Gasteiger partial charge in [-0.25, -0.2) is 16.8 Å². The Morgan fingerprint density at radius 2 is 0.913 bits per heavy atom. The molecule has 0 fully saturated rings. The van der Waals surface area contributed by atoms with Crippen LogP contribution in [0.5, 0.6) is 0 Å². The first-order valence-electron chi connectivity index (χ1n) is 6.06. The van der Waals surface area contributed by atoms with Crippen molar-refractivity contribution in [1.82, 2.24) is 0 Å². The van der Waals surface area contributed by atoms with E-state index in [1.165, 1.54) is 24.3 Å². The molecule has 0 bridgehead atoms. The smallest absolute Gasteiger partial charge is 0.744 e. The Balaban J connectivity index is 0.000000403. The molecule has 0 saturated heterocycles. The summed E-state index contributed by atoms with van der Waals surface area (Å²) in [5.74, 6) is 0. The van der Waals surface area contributed by atoms with Crippen LogP contribution in [0.1, 0.15) is 11.1 Å². The molecule has 0 aliphatic heterocycles. The molecule has 0 spiro atoms. The maximum Gasteiger partial charge on any atom is 2.00 e. The molecular formula is C14H14NiO6S2. The molecule has 0 aromatic heterocycles. The van der Waals surface area contributed by atoms with Crippen LogP contribution in [0.3, 0.4) is 0 Å². The van der Waals surface area contributed by atoms with E-state index < -0.39 is 20.2 Å². The summed E-state index contributed by atoms with van der Waals surface area (Å²) in [4.78, 5) is -0.278. The van der Waals surface area contributed by atoms with Gasteiger partial charge in [-0.2, -0.15) is 0 Å². The molecule has 2 aromatic rings. The van der Waals surface area contributed by atoms with E-state index in [4.69, 9.17) is 0 Å². The summed E-state index contributed by atoms with van der Waals surface area (Å²) >= 11 is 0. The van der Waals surface area contributed by atoms with E-state index in [0.717, 1.165) is 0 Å². The van der Waals surface area contributed by atoms with Crippen LogP contribution in [0, 0.1) is 13.8 Å². The summed E-state index contributed by atoms with van der Waals surface area (Å²) in [5, 5.41) is 0. The van der Waals surface area contributed by atoms with E-state index in [1.54, 1.807) is 38.1 Å². The Labute approximate surface area is 146 Å². The van der Waals surface area contributed by atoms with Crippen molar-refractivity contribution < 1.29 is 42.4 Å². The SMILES string of the molecule is Cc1ccccc1S(=O)(=O)[O-].Cc1ccccc1S(=O)(=O)[O-].[Ni+2]. The Morgan fingerprint density at radius 3 is 1.09 bits per heavy atom. The fourth-order valence-corrected chi connectivity index (χ4v) is 3.09. The molecule has 0 heterocycles. The van der Waals surface area contributed by atoms with Crippen molar-refractivity contribution >= 4 is 20.2 Å². The maximum absolute atomic E-state index is 10.5. The molecule has 128 valence electrons. The van der Waals surface area contributed by atoms with Gasteiger partial charge in [0.2, 0.25) is 0 Å². The first kappa shape index (κ1) is 21.8. The Bertz CT molecular complexity index is 787. The quantitative estimate of drug-likeness (QED) is 0.560. The van der Waals surface area contributed by atoms with Gasteiger partial charge in [0.25, 0.3) is 0 Å². The number of hydrogen-bond donors (Lipinski definition) is 0. The second-order valence-corrected chi connectivity index (χ2v) is 7.14. The molecule has 0 unspecified atom stereocenters. The Morgan fingerprint density at radius 1 is 0.652 bits per heavy atom. The molecule has 0 N–H and O–H groups in total. The van der Waals surface area contributed by atoms with Gasteiger partial charge in [-0.05, 0) is 37.1 Å². The average Bonchev–Trinajstić information content (AvgIpc) is 2.37. The molecule has 2 aromatic carbocycles. The summed E-state index contributed by atoms with van der Waals surface area (Å²) < 4.78 is 63.0. The van der Waals surface area contributed by atoms with Gasteiger partial charge in [-0.3, -0.25) is 0 Å². The number of aryl methyl sites for hydroxylation is 2. The minimum Gasteiger partial charge on any atom is -0.744 e. The van der Waals surface area contributed by atoms with E-state index in [-0.39, 0.29) is 26.3 Å². The third-order valence-electron chi connectivity index (χ3n) is 2.73. The van der Waals surface area contributed by atoms with Gasteiger partial charge >= 0.3 is 16.5 Å². The van der Waals surface area contributed by atoms with Crippen molar-refractivity contribution in [3.63, 3.8) is 0 Å². The van der Waals surface area contributed by atoms with Crippen molar-refractivity contribution in [3.8, 4) is 0 Å².